The van der Waals surface area contributed by atoms with Crippen LogP contribution in [-0.2, 0) is 22.7 Å². The lowest BCUT2D eigenvalue weighted by molar-refractivity contribution is -0.121. The van der Waals surface area contributed by atoms with Crippen molar-refractivity contribution in [1.29, 1.82) is 0 Å². The van der Waals surface area contributed by atoms with Gasteiger partial charge >= 0.3 is 6.09 Å². The molecule has 0 bridgehead atoms. The lowest BCUT2D eigenvalue weighted by atomic mass is 9.91. The third-order valence-electron chi connectivity index (χ3n) is 7.05. The first-order valence-corrected chi connectivity index (χ1v) is 14.8. The normalized spacial score (nSPS) is 12.0. The van der Waals surface area contributed by atoms with Crippen molar-refractivity contribution in [3.05, 3.63) is 120 Å². The summed E-state index contributed by atoms with van der Waals surface area (Å²) in [4.78, 5) is 58.8. The largest absolute Gasteiger partial charge is 0.445 e. The van der Waals surface area contributed by atoms with Crippen molar-refractivity contribution in [3.8, 4) is 0 Å². The van der Waals surface area contributed by atoms with Crippen molar-refractivity contribution < 1.29 is 28.3 Å². The molecule has 0 aliphatic rings. The molecule has 0 saturated carbocycles. The molecular weight excluding hydrogens is 574 g/mol. The summed E-state index contributed by atoms with van der Waals surface area (Å²) >= 11 is 0. The van der Waals surface area contributed by atoms with Gasteiger partial charge in [0.15, 0.2) is 5.69 Å². The van der Waals surface area contributed by atoms with Crippen LogP contribution in [0, 0.1) is 5.92 Å². The van der Waals surface area contributed by atoms with E-state index >= 15 is 0 Å². The summed E-state index contributed by atoms with van der Waals surface area (Å²) in [6.45, 7) is 3.01. The molecule has 0 radical (unpaired) electrons. The fourth-order valence-electron chi connectivity index (χ4n) is 4.59. The number of amides is 3. The third-order valence-corrected chi connectivity index (χ3v) is 7.05. The maximum Gasteiger partial charge on any atom is 0.407 e. The lowest BCUT2D eigenvalue weighted by Gasteiger charge is -2.16. The second kappa shape index (κ2) is 17.1. The van der Waals surface area contributed by atoms with Gasteiger partial charge in [0.2, 0.25) is 11.7 Å². The molecule has 2 atom stereocenters. The van der Waals surface area contributed by atoms with Crippen LogP contribution < -0.4 is 16.0 Å². The molecule has 45 heavy (non-hydrogen) atoms. The van der Waals surface area contributed by atoms with E-state index in [-0.39, 0.29) is 55.3 Å². The van der Waals surface area contributed by atoms with Crippen molar-refractivity contribution in [2.75, 3.05) is 13.1 Å². The average molecular weight is 612 g/mol. The molecule has 0 fully saturated rings. The van der Waals surface area contributed by atoms with Gasteiger partial charge in [-0.15, -0.1) is 0 Å². The Labute approximate surface area is 261 Å². The Morgan fingerprint density at radius 3 is 2.29 bits per heavy atom. The Kier molecular flexibility index (Phi) is 12.4. The highest BCUT2D eigenvalue weighted by atomic mass is 16.5. The number of benzene rings is 2. The van der Waals surface area contributed by atoms with Gasteiger partial charge in [0.1, 0.15) is 12.9 Å². The van der Waals surface area contributed by atoms with Crippen LogP contribution in [0.25, 0.3) is 0 Å². The van der Waals surface area contributed by atoms with Gasteiger partial charge in [-0.2, -0.15) is 0 Å². The van der Waals surface area contributed by atoms with Crippen LogP contribution >= 0.6 is 0 Å². The number of carbonyl (C=O) groups excluding carboxylic acids is 4. The number of ketones is 1. The molecule has 0 aliphatic carbocycles. The van der Waals surface area contributed by atoms with Crippen molar-refractivity contribution in [2.45, 2.75) is 45.3 Å². The third kappa shape index (κ3) is 10.7. The fourth-order valence-corrected chi connectivity index (χ4v) is 4.59. The first kappa shape index (κ1) is 32.6. The maximum atomic E-state index is 13.5. The Morgan fingerprint density at radius 2 is 1.56 bits per heavy atom. The Balaban J connectivity index is 1.22. The molecular formula is C34H37N5O6. The predicted molar refractivity (Wildman–Crippen MR) is 166 cm³/mol. The molecule has 2 heterocycles. The standard InChI is InChI=1S/C34H37N5O6/c1-24(14-17-37-34(43)45-22-25-9-4-2-5-10-25)19-30(40)36-18-15-28(27-12-6-3-7-13-27)31(41)33-39-29(23-44-33)32(42)38-21-26-11-8-16-35-20-26/h2-13,16,20,23-24,28H,14-15,17-19,21-22H2,1H3,(H,36,40)(H,37,43)(H,38,42). The maximum absolute atomic E-state index is 13.5. The number of Topliss-reactive ketones (excluding diaryl/α,β-unsaturated/α-hetero) is 1. The highest BCUT2D eigenvalue weighted by molar-refractivity contribution is 5.99. The number of nitrogens with one attached hydrogen (secondary N) is 3. The Morgan fingerprint density at radius 1 is 0.844 bits per heavy atom. The van der Waals surface area contributed by atoms with Crippen LogP contribution in [0.5, 0.6) is 0 Å². The highest BCUT2D eigenvalue weighted by Crippen LogP contribution is 2.24. The minimum Gasteiger partial charge on any atom is -0.445 e. The minimum absolute atomic E-state index is 0.00436. The number of ether oxygens (including phenoxy) is 1. The molecule has 3 amide bonds. The van der Waals surface area contributed by atoms with Gasteiger partial charge < -0.3 is 25.1 Å². The summed E-state index contributed by atoms with van der Waals surface area (Å²) < 4.78 is 10.6. The number of carbonyl (C=O) groups is 4. The van der Waals surface area contributed by atoms with E-state index in [1.165, 1.54) is 0 Å². The van der Waals surface area contributed by atoms with Crippen LogP contribution in [-0.4, -0.2) is 46.7 Å². The summed E-state index contributed by atoms with van der Waals surface area (Å²) in [5.41, 5.74) is 2.47. The van der Waals surface area contributed by atoms with Gasteiger partial charge in [0.25, 0.3) is 11.8 Å². The zero-order valence-corrected chi connectivity index (χ0v) is 25.1. The molecule has 0 aliphatic heterocycles. The topological polar surface area (TPSA) is 153 Å². The Bertz CT molecular complexity index is 1530. The first-order chi connectivity index (χ1) is 21.9. The molecule has 0 saturated heterocycles. The van der Waals surface area contributed by atoms with Gasteiger partial charge in [-0.05, 0) is 41.5 Å². The van der Waals surface area contributed by atoms with Gasteiger partial charge in [-0.25, -0.2) is 9.78 Å². The van der Waals surface area contributed by atoms with E-state index in [1.54, 1.807) is 18.5 Å². The predicted octanol–water partition coefficient (Wildman–Crippen LogP) is 4.82. The number of aromatic nitrogens is 2. The molecule has 234 valence electrons. The number of hydrogen-bond donors (Lipinski definition) is 3. The van der Waals surface area contributed by atoms with E-state index in [0.29, 0.717) is 19.4 Å². The van der Waals surface area contributed by atoms with Crippen molar-refractivity contribution in [3.63, 3.8) is 0 Å². The summed E-state index contributed by atoms with van der Waals surface area (Å²) in [7, 11) is 0. The highest BCUT2D eigenvalue weighted by Gasteiger charge is 2.27. The van der Waals surface area contributed by atoms with Gasteiger partial charge in [-0.3, -0.25) is 19.4 Å². The van der Waals surface area contributed by atoms with Crippen molar-refractivity contribution in [1.82, 2.24) is 25.9 Å². The van der Waals surface area contributed by atoms with Gasteiger partial charge in [0.05, 0.1) is 5.92 Å². The number of oxazole rings is 1. The van der Waals surface area contributed by atoms with E-state index in [4.69, 9.17) is 9.15 Å². The van der Waals surface area contributed by atoms with Crippen LogP contribution in [0.3, 0.4) is 0 Å². The summed E-state index contributed by atoms with van der Waals surface area (Å²) in [5.74, 6) is -1.82. The van der Waals surface area contributed by atoms with Gasteiger partial charge in [-0.1, -0.05) is 73.7 Å². The molecule has 0 spiro atoms. The SMILES string of the molecule is CC(CCNC(=O)OCc1ccccc1)CC(=O)NCCC(C(=O)c1nc(C(=O)NCc2cccnc2)co1)c1ccccc1. The molecule has 11 nitrogen and oxygen atoms in total. The van der Waals surface area contributed by atoms with E-state index in [2.05, 4.69) is 25.9 Å². The van der Waals surface area contributed by atoms with Crippen LogP contribution in [0.4, 0.5) is 4.79 Å². The second-order valence-electron chi connectivity index (χ2n) is 10.6. The van der Waals surface area contributed by atoms with E-state index < -0.39 is 17.9 Å². The fraction of sp³-hybridized carbons (Fsp3) is 0.294. The minimum atomic E-state index is -0.639. The summed E-state index contributed by atoms with van der Waals surface area (Å²) in [6.07, 6.45) is 5.12. The van der Waals surface area contributed by atoms with E-state index in [0.717, 1.165) is 23.0 Å². The number of hydrogen-bond acceptors (Lipinski definition) is 8. The summed E-state index contributed by atoms with van der Waals surface area (Å²) in [5, 5.41) is 8.34. The number of nitrogens with zero attached hydrogens (tertiary/aromatic N) is 2. The summed E-state index contributed by atoms with van der Waals surface area (Å²) in [6, 6.07) is 22.2. The van der Waals surface area contributed by atoms with Crippen molar-refractivity contribution >= 4 is 23.7 Å². The van der Waals surface area contributed by atoms with Gasteiger partial charge in [0, 0.05) is 38.4 Å². The molecule has 4 rings (SSSR count). The first-order valence-electron chi connectivity index (χ1n) is 14.8. The second-order valence-corrected chi connectivity index (χ2v) is 10.6. The van der Waals surface area contributed by atoms with E-state index in [9.17, 15) is 19.2 Å². The van der Waals surface area contributed by atoms with Crippen LogP contribution in [0.2, 0.25) is 0 Å². The zero-order chi connectivity index (χ0) is 31.9. The molecule has 2 unspecified atom stereocenters. The number of alkyl carbamates (subject to hydrolysis) is 1. The number of rotatable bonds is 16. The molecule has 2 aromatic heterocycles. The monoisotopic (exact) mass is 611 g/mol. The van der Waals surface area contributed by atoms with Crippen LogP contribution in [0.15, 0.2) is 95.9 Å². The van der Waals surface area contributed by atoms with Crippen LogP contribution in [0.1, 0.15) is 70.0 Å². The smallest absolute Gasteiger partial charge is 0.407 e. The van der Waals surface area contributed by atoms with Crippen molar-refractivity contribution in [2.24, 2.45) is 5.92 Å². The average Bonchev–Trinajstić information content (AvgIpc) is 3.56. The zero-order valence-electron chi connectivity index (χ0n) is 25.1. The molecule has 11 heteroatoms. The molecule has 2 aromatic carbocycles. The molecule has 4 aromatic rings. The molecule has 3 N–H and O–H groups in total. The Hall–Kier alpha value is -5.32. The number of pyridine rings is 1. The quantitative estimate of drug-likeness (QED) is 0.153. The van der Waals surface area contributed by atoms with E-state index in [1.807, 2.05) is 73.7 Å². The lowest BCUT2D eigenvalue weighted by Crippen LogP contribution is -2.30.